The fourth-order valence-corrected chi connectivity index (χ4v) is 3.29. The van der Waals surface area contributed by atoms with Crippen LogP contribution in [0.15, 0.2) is 48.5 Å². The Labute approximate surface area is 183 Å². The van der Waals surface area contributed by atoms with Gasteiger partial charge in [0, 0.05) is 13.0 Å². The molecule has 0 saturated heterocycles. The first-order valence-electron chi connectivity index (χ1n) is 10.7. The predicted molar refractivity (Wildman–Crippen MR) is 126 cm³/mol. The second-order valence-corrected chi connectivity index (χ2v) is 7.84. The molecule has 0 fully saturated rings. The number of methoxy groups -OCH3 is 1. The van der Waals surface area contributed by atoms with Crippen molar-refractivity contribution in [2.24, 2.45) is 5.92 Å². The highest BCUT2D eigenvalue weighted by Crippen LogP contribution is 2.28. The summed E-state index contributed by atoms with van der Waals surface area (Å²) in [6.45, 7) is 11.0. The summed E-state index contributed by atoms with van der Waals surface area (Å²) in [5, 5.41) is 0. The van der Waals surface area contributed by atoms with Crippen LogP contribution in [0, 0.1) is 5.92 Å². The third kappa shape index (κ3) is 9.56. The number of hydrogen-bond acceptors (Lipinski definition) is 3. The minimum atomic E-state index is 0. The highest BCUT2D eigenvalue weighted by Gasteiger charge is 2.09. The second kappa shape index (κ2) is 14.3. The van der Waals surface area contributed by atoms with Crippen LogP contribution in [-0.2, 0) is 12.8 Å². The average Bonchev–Trinajstić information content (AvgIpc) is 2.71. The Hall–Kier alpha value is -1.71. The molecule has 0 aromatic heterocycles. The van der Waals surface area contributed by atoms with Gasteiger partial charge >= 0.3 is 0 Å². The Kier molecular flexibility index (Phi) is 12.5. The molecular weight excluding hydrogens is 382 g/mol. The van der Waals surface area contributed by atoms with Crippen LogP contribution in [0.4, 0.5) is 0 Å². The number of nitrogens with zero attached hydrogens (tertiary/aromatic N) is 1. The molecule has 2 aromatic rings. The average molecular weight is 420 g/mol. The van der Waals surface area contributed by atoms with E-state index < -0.39 is 0 Å². The van der Waals surface area contributed by atoms with Crippen molar-refractivity contribution in [3.05, 3.63) is 59.7 Å². The van der Waals surface area contributed by atoms with E-state index in [0.29, 0.717) is 6.61 Å². The largest absolute Gasteiger partial charge is 0.493 e. The van der Waals surface area contributed by atoms with Crippen LogP contribution in [-0.4, -0.2) is 38.3 Å². The quantitative estimate of drug-likeness (QED) is 0.395. The number of rotatable bonds is 13. The van der Waals surface area contributed by atoms with E-state index in [9.17, 15) is 0 Å². The molecule has 3 nitrogen and oxygen atoms in total. The second-order valence-electron chi connectivity index (χ2n) is 7.84. The topological polar surface area (TPSA) is 21.7 Å². The van der Waals surface area contributed by atoms with Gasteiger partial charge in [-0.05, 0) is 61.5 Å². The molecule has 0 bridgehead atoms. The highest BCUT2D eigenvalue weighted by molar-refractivity contribution is 5.85. The van der Waals surface area contributed by atoms with E-state index >= 15 is 0 Å². The zero-order chi connectivity index (χ0) is 20.2. The Balaban J connectivity index is 0.00000420. The molecule has 0 aliphatic carbocycles. The fraction of sp³-hybridized carbons (Fsp3) is 0.520. The molecule has 0 heterocycles. The molecule has 2 aromatic carbocycles. The van der Waals surface area contributed by atoms with Gasteiger partial charge in [0.25, 0.3) is 0 Å². The molecule has 0 amide bonds. The Bertz CT molecular complexity index is 676. The maximum atomic E-state index is 6.07. The third-order valence-electron chi connectivity index (χ3n) is 5.00. The van der Waals surface area contributed by atoms with E-state index in [2.05, 4.69) is 62.1 Å². The van der Waals surface area contributed by atoms with Crippen molar-refractivity contribution in [3.63, 3.8) is 0 Å². The van der Waals surface area contributed by atoms with Gasteiger partial charge in [0.2, 0.25) is 0 Å². The van der Waals surface area contributed by atoms with Crippen molar-refractivity contribution in [1.29, 1.82) is 0 Å². The van der Waals surface area contributed by atoms with Gasteiger partial charge in [-0.15, -0.1) is 12.4 Å². The number of ether oxygens (including phenoxy) is 2. The van der Waals surface area contributed by atoms with Crippen LogP contribution < -0.4 is 9.47 Å². The van der Waals surface area contributed by atoms with Crippen molar-refractivity contribution in [3.8, 4) is 11.5 Å². The molecule has 0 aliphatic rings. The lowest BCUT2D eigenvalue weighted by atomic mass is 10.1. The van der Waals surface area contributed by atoms with E-state index in [1.54, 1.807) is 7.11 Å². The van der Waals surface area contributed by atoms with Gasteiger partial charge in [-0.2, -0.15) is 0 Å². The molecule has 0 atom stereocenters. The van der Waals surface area contributed by atoms with Crippen LogP contribution in [0.3, 0.4) is 0 Å². The molecule has 0 saturated carbocycles. The first kappa shape index (κ1) is 25.3. The SMILES string of the molecule is CCCN(CCc1ccc(OC)c(OCCc2ccccc2)c1)CCC(C)C.Cl. The van der Waals surface area contributed by atoms with Gasteiger partial charge in [-0.3, -0.25) is 0 Å². The van der Waals surface area contributed by atoms with Crippen molar-refractivity contribution in [2.75, 3.05) is 33.4 Å². The van der Waals surface area contributed by atoms with Crippen LogP contribution >= 0.6 is 12.4 Å². The van der Waals surface area contributed by atoms with E-state index in [-0.39, 0.29) is 12.4 Å². The summed E-state index contributed by atoms with van der Waals surface area (Å²) in [5.41, 5.74) is 2.60. The van der Waals surface area contributed by atoms with Gasteiger partial charge in [0.05, 0.1) is 13.7 Å². The van der Waals surface area contributed by atoms with E-state index in [1.165, 1.54) is 37.1 Å². The molecule has 29 heavy (non-hydrogen) atoms. The predicted octanol–water partition coefficient (Wildman–Crippen LogP) is 6.04. The minimum Gasteiger partial charge on any atom is -0.493 e. The summed E-state index contributed by atoms with van der Waals surface area (Å²) >= 11 is 0. The summed E-state index contributed by atoms with van der Waals surface area (Å²) in [4.78, 5) is 2.58. The lowest BCUT2D eigenvalue weighted by molar-refractivity contribution is 0.260. The van der Waals surface area contributed by atoms with Crippen LogP contribution in [0.25, 0.3) is 0 Å². The lowest BCUT2D eigenvalue weighted by Crippen LogP contribution is -2.28. The van der Waals surface area contributed by atoms with Crippen molar-refractivity contribution in [1.82, 2.24) is 4.90 Å². The number of halogens is 1. The molecule has 0 aliphatic heterocycles. The zero-order valence-electron chi connectivity index (χ0n) is 18.5. The molecule has 0 spiro atoms. The standard InChI is InChI=1S/C25H37NO2.ClH/c1-5-16-26(17-13-21(2)3)18-14-23-11-12-24(27-4)25(20-23)28-19-15-22-9-7-6-8-10-22;/h6-12,20-21H,5,13-19H2,1-4H3;1H. The van der Waals surface area contributed by atoms with Gasteiger partial charge < -0.3 is 14.4 Å². The molecule has 162 valence electrons. The summed E-state index contributed by atoms with van der Waals surface area (Å²) in [6.07, 6.45) is 4.40. The Morgan fingerprint density at radius 1 is 0.862 bits per heavy atom. The van der Waals surface area contributed by atoms with Gasteiger partial charge in [0.15, 0.2) is 11.5 Å². The molecular formula is C25H38ClNO2. The summed E-state index contributed by atoms with van der Waals surface area (Å²) in [7, 11) is 1.70. The van der Waals surface area contributed by atoms with E-state index in [4.69, 9.17) is 9.47 Å². The third-order valence-corrected chi connectivity index (χ3v) is 5.00. The molecule has 2 rings (SSSR count). The monoisotopic (exact) mass is 419 g/mol. The maximum Gasteiger partial charge on any atom is 0.161 e. The smallest absolute Gasteiger partial charge is 0.161 e. The Morgan fingerprint density at radius 3 is 2.28 bits per heavy atom. The van der Waals surface area contributed by atoms with Crippen molar-refractivity contribution >= 4 is 12.4 Å². The zero-order valence-corrected chi connectivity index (χ0v) is 19.3. The fourth-order valence-electron chi connectivity index (χ4n) is 3.29. The molecule has 4 heteroatoms. The summed E-state index contributed by atoms with van der Waals surface area (Å²) in [6, 6.07) is 16.8. The maximum absolute atomic E-state index is 6.07. The number of benzene rings is 2. The first-order chi connectivity index (χ1) is 13.6. The molecule has 0 N–H and O–H groups in total. The van der Waals surface area contributed by atoms with Gasteiger partial charge in [-0.25, -0.2) is 0 Å². The van der Waals surface area contributed by atoms with Crippen LogP contribution in [0.1, 0.15) is 44.7 Å². The van der Waals surface area contributed by atoms with Gasteiger partial charge in [0.1, 0.15) is 0 Å². The highest BCUT2D eigenvalue weighted by atomic mass is 35.5. The van der Waals surface area contributed by atoms with E-state index in [1.807, 2.05) is 12.1 Å². The first-order valence-corrected chi connectivity index (χ1v) is 10.7. The summed E-state index contributed by atoms with van der Waals surface area (Å²) < 4.78 is 11.6. The Morgan fingerprint density at radius 2 is 1.62 bits per heavy atom. The minimum absolute atomic E-state index is 0. The van der Waals surface area contributed by atoms with Crippen molar-refractivity contribution in [2.45, 2.75) is 46.5 Å². The normalized spacial score (nSPS) is 10.8. The lowest BCUT2D eigenvalue weighted by Gasteiger charge is -2.23. The van der Waals surface area contributed by atoms with Crippen LogP contribution in [0.2, 0.25) is 0 Å². The van der Waals surface area contributed by atoms with E-state index in [0.717, 1.165) is 36.8 Å². The number of hydrogen-bond donors (Lipinski definition) is 0. The molecule has 0 radical (unpaired) electrons. The van der Waals surface area contributed by atoms with Crippen molar-refractivity contribution < 1.29 is 9.47 Å². The summed E-state index contributed by atoms with van der Waals surface area (Å²) in [5.74, 6) is 2.41. The van der Waals surface area contributed by atoms with Gasteiger partial charge in [-0.1, -0.05) is 57.2 Å². The van der Waals surface area contributed by atoms with Crippen LogP contribution in [0.5, 0.6) is 11.5 Å². The molecule has 0 unspecified atom stereocenters.